The van der Waals surface area contributed by atoms with Crippen LogP contribution in [0.5, 0.6) is 0 Å². The van der Waals surface area contributed by atoms with Crippen LogP contribution in [-0.4, -0.2) is 85.3 Å². The van der Waals surface area contributed by atoms with Crippen LogP contribution in [0.1, 0.15) is 44.9 Å². The van der Waals surface area contributed by atoms with Gasteiger partial charge in [-0.2, -0.15) is 0 Å². The number of hydrogen-bond donors (Lipinski definition) is 1. The van der Waals surface area contributed by atoms with Gasteiger partial charge in [0.15, 0.2) is 5.96 Å². The molecule has 3 heterocycles. The first-order valence-corrected chi connectivity index (χ1v) is 10.2. The van der Waals surface area contributed by atoms with Gasteiger partial charge in [0.25, 0.3) is 0 Å². The van der Waals surface area contributed by atoms with E-state index in [2.05, 4.69) is 20.1 Å². The lowest BCUT2D eigenvalue weighted by Crippen LogP contribution is -2.47. The Morgan fingerprint density at radius 2 is 1.78 bits per heavy atom. The third-order valence-electron chi connectivity index (χ3n) is 5.76. The van der Waals surface area contributed by atoms with Crippen LogP contribution >= 0.6 is 24.0 Å². The molecular formula is C19H34IN5O2. The van der Waals surface area contributed by atoms with Crippen molar-refractivity contribution in [3.63, 3.8) is 0 Å². The van der Waals surface area contributed by atoms with Gasteiger partial charge < -0.3 is 15.1 Å². The monoisotopic (exact) mass is 491 g/mol. The molecule has 0 saturated carbocycles. The number of carbonyl (C=O) groups excluding carboxylic acids is 2. The SMILES string of the molecule is CN=C(NCCN1C(=O)CCCC1=O)N1CCC(CN2CCCCC2)C1.I. The minimum atomic E-state index is -0.0409. The van der Waals surface area contributed by atoms with Gasteiger partial charge in [0.2, 0.25) is 11.8 Å². The fourth-order valence-electron chi connectivity index (χ4n) is 4.34. The molecule has 1 N–H and O–H groups in total. The molecule has 1 atom stereocenters. The molecule has 0 aliphatic carbocycles. The first-order valence-electron chi connectivity index (χ1n) is 10.2. The maximum atomic E-state index is 11.9. The van der Waals surface area contributed by atoms with Crippen molar-refractivity contribution in [3.05, 3.63) is 0 Å². The minimum Gasteiger partial charge on any atom is -0.354 e. The molecule has 0 aromatic rings. The Kier molecular flexibility index (Phi) is 9.28. The summed E-state index contributed by atoms with van der Waals surface area (Å²) in [7, 11) is 1.80. The zero-order chi connectivity index (χ0) is 18.4. The summed E-state index contributed by atoms with van der Waals surface area (Å²) in [4.78, 5) is 34.5. The first kappa shape index (κ1) is 22.4. The standard InChI is InChI=1S/C19H33N5O2.HI/c1-20-19(21-9-13-24-17(25)6-5-7-18(24)26)23-12-8-16(15-23)14-22-10-3-2-4-11-22;/h16H,2-15H2,1H3,(H,20,21);1H. The summed E-state index contributed by atoms with van der Waals surface area (Å²) in [5.74, 6) is 1.52. The van der Waals surface area contributed by atoms with Crippen LogP contribution in [0.25, 0.3) is 0 Å². The van der Waals surface area contributed by atoms with Crippen LogP contribution in [0.3, 0.4) is 0 Å². The lowest BCUT2D eigenvalue weighted by Gasteiger charge is -2.29. The van der Waals surface area contributed by atoms with Crippen molar-refractivity contribution in [2.45, 2.75) is 44.9 Å². The maximum absolute atomic E-state index is 11.9. The molecule has 0 bridgehead atoms. The lowest BCUT2D eigenvalue weighted by atomic mass is 10.1. The number of nitrogens with one attached hydrogen (secondary N) is 1. The van der Waals surface area contributed by atoms with Crippen molar-refractivity contribution in [2.24, 2.45) is 10.9 Å². The van der Waals surface area contributed by atoms with E-state index in [4.69, 9.17) is 0 Å². The largest absolute Gasteiger partial charge is 0.354 e. The number of likely N-dealkylation sites (tertiary alicyclic amines) is 3. The number of guanidine groups is 1. The predicted molar refractivity (Wildman–Crippen MR) is 117 cm³/mol. The number of carbonyl (C=O) groups is 2. The van der Waals surface area contributed by atoms with Crippen LogP contribution in [0.15, 0.2) is 4.99 Å². The van der Waals surface area contributed by atoms with E-state index in [1.54, 1.807) is 7.05 Å². The fourth-order valence-corrected chi connectivity index (χ4v) is 4.34. The highest BCUT2D eigenvalue weighted by Gasteiger charge is 2.28. The van der Waals surface area contributed by atoms with Crippen LogP contribution in [0, 0.1) is 5.92 Å². The van der Waals surface area contributed by atoms with Crippen LogP contribution < -0.4 is 5.32 Å². The Morgan fingerprint density at radius 1 is 1.07 bits per heavy atom. The van der Waals surface area contributed by atoms with Gasteiger partial charge in [-0.3, -0.25) is 19.5 Å². The summed E-state index contributed by atoms with van der Waals surface area (Å²) in [6.45, 7) is 6.77. The summed E-state index contributed by atoms with van der Waals surface area (Å²) in [5.41, 5.74) is 0. The molecule has 2 amide bonds. The van der Waals surface area contributed by atoms with Gasteiger partial charge in [-0.15, -0.1) is 24.0 Å². The smallest absolute Gasteiger partial charge is 0.229 e. The number of aliphatic imine (C=N–C) groups is 1. The number of rotatable bonds is 5. The first-order chi connectivity index (χ1) is 12.7. The zero-order valence-electron chi connectivity index (χ0n) is 16.5. The Labute approximate surface area is 179 Å². The Morgan fingerprint density at radius 3 is 2.44 bits per heavy atom. The van der Waals surface area contributed by atoms with Crippen molar-refractivity contribution >= 4 is 41.8 Å². The van der Waals surface area contributed by atoms with Crippen molar-refractivity contribution < 1.29 is 9.59 Å². The van der Waals surface area contributed by atoms with Crippen molar-refractivity contribution in [1.29, 1.82) is 0 Å². The summed E-state index contributed by atoms with van der Waals surface area (Å²) < 4.78 is 0. The molecule has 3 aliphatic heterocycles. The lowest BCUT2D eigenvalue weighted by molar-refractivity contribution is -0.147. The summed E-state index contributed by atoms with van der Waals surface area (Å²) >= 11 is 0. The van der Waals surface area contributed by atoms with E-state index >= 15 is 0 Å². The highest BCUT2D eigenvalue weighted by atomic mass is 127. The number of nitrogens with zero attached hydrogens (tertiary/aromatic N) is 4. The molecule has 0 aromatic heterocycles. The maximum Gasteiger partial charge on any atom is 0.229 e. The average molecular weight is 491 g/mol. The van der Waals surface area contributed by atoms with Crippen LogP contribution in [-0.2, 0) is 9.59 Å². The van der Waals surface area contributed by atoms with E-state index in [-0.39, 0.29) is 35.8 Å². The second-order valence-corrected chi connectivity index (χ2v) is 7.73. The third-order valence-corrected chi connectivity index (χ3v) is 5.76. The highest BCUT2D eigenvalue weighted by molar-refractivity contribution is 14.0. The van der Waals surface area contributed by atoms with Gasteiger partial charge in [-0.1, -0.05) is 6.42 Å². The van der Waals surface area contributed by atoms with Gasteiger partial charge in [-0.05, 0) is 44.7 Å². The topological polar surface area (TPSA) is 68.2 Å². The number of piperidine rings is 2. The van der Waals surface area contributed by atoms with E-state index in [0.29, 0.717) is 38.3 Å². The molecule has 7 nitrogen and oxygen atoms in total. The van der Waals surface area contributed by atoms with Gasteiger partial charge in [0, 0.05) is 52.6 Å². The second-order valence-electron chi connectivity index (χ2n) is 7.73. The molecular weight excluding hydrogens is 457 g/mol. The fraction of sp³-hybridized carbons (Fsp3) is 0.842. The van der Waals surface area contributed by atoms with E-state index in [1.165, 1.54) is 50.2 Å². The second kappa shape index (κ2) is 11.2. The molecule has 0 aromatic carbocycles. The molecule has 8 heteroatoms. The molecule has 1 unspecified atom stereocenters. The molecule has 0 spiro atoms. The normalized spacial score (nSPS) is 24.9. The summed E-state index contributed by atoms with van der Waals surface area (Å²) in [5, 5.41) is 3.34. The van der Waals surface area contributed by atoms with Crippen molar-refractivity contribution in [1.82, 2.24) is 20.0 Å². The number of amides is 2. The quantitative estimate of drug-likeness (QED) is 0.274. The third kappa shape index (κ3) is 6.30. The van der Waals surface area contributed by atoms with Crippen molar-refractivity contribution in [3.8, 4) is 0 Å². The molecule has 3 rings (SSSR count). The summed E-state index contributed by atoms with van der Waals surface area (Å²) in [6, 6.07) is 0. The van der Waals surface area contributed by atoms with Gasteiger partial charge >= 0.3 is 0 Å². The molecule has 0 radical (unpaired) electrons. The van der Waals surface area contributed by atoms with Crippen LogP contribution in [0.4, 0.5) is 0 Å². The van der Waals surface area contributed by atoms with Crippen LogP contribution in [0.2, 0.25) is 0 Å². The predicted octanol–water partition coefficient (Wildman–Crippen LogP) is 1.53. The molecule has 27 heavy (non-hydrogen) atoms. The highest BCUT2D eigenvalue weighted by Crippen LogP contribution is 2.20. The van der Waals surface area contributed by atoms with Crippen molar-refractivity contribution in [2.75, 3.05) is 52.9 Å². The minimum absolute atomic E-state index is 0. The molecule has 3 fully saturated rings. The van der Waals surface area contributed by atoms with E-state index in [0.717, 1.165) is 19.0 Å². The number of imide groups is 1. The Bertz CT molecular complexity index is 520. The molecule has 3 aliphatic rings. The zero-order valence-corrected chi connectivity index (χ0v) is 18.8. The summed E-state index contributed by atoms with van der Waals surface area (Å²) in [6.07, 6.45) is 6.94. The van der Waals surface area contributed by atoms with Gasteiger partial charge in [0.1, 0.15) is 0 Å². The number of halogens is 1. The Balaban J connectivity index is 0.00000261. The molecule has 3 saturated heterocycles. The van der Waals surface area contributed by atoms with E-state index in [1.807, 2.05) is 0 Å². The van der Waals surface area contributed by atoms with E-state index < -0.39 is 0 Å². The Hall–Kier alpha value is -0.900. The molecule has 154 valence electrons. The average Bonchev–Trinajstić information content (AvgIpc) is 3.10. The van der Waals surface area contributed by atoms with Gasteiger partial charge in [0.05, 0.1) is 0 Å². The van der Waals surface area contributed by atoms with E-state index in [9.17, 15) is 9.59 Å². The number of hydrogen-bond acceptors (Lipinski definition) is 4. The van der Waals surface area contributed by atoms with Gasteiger partial charge in [-0.25, -0.2) is 0 Å².